The molecular formula is C77H92N2O13S2. The molecule has 1 saturated heterocycles. The summed E-state index contributed by atoms with van der Waals surface area (Å²) in [5, 5.41) is 104. The smallest absolute Gasteiger partial charge is 0.229 e. The van der Waals surface area contributed by atoms with Crippen LogP contribution in [0, 0.1) is 79.3 Å². The van der Waals surface area contributed by atoms with Gasteiger partial charge in [-0.05, 0) is 249 Å². The molecule has 3 heterocycles. The highest BCUT2D eigenvalue weighted by Gasteiger charge is 2.80. The van der Waals surface area contributed by atoms with Gasteiger partial charge in [0.1, 0.15) is 52.4 Å². The number of hydrogen-bond acceptors (Lipinski definition) is 17. The van der Waals surface area contributed by atoms with E-state index in [9.17, 15) is 45.6 Å². The van der Waals surface area contributed by atoms with Crippen LogP contribution in [0.25, 0.3) is 0 Å². The van der Waals surface area contributed by atoms with E-state index in [4.69, 9.17) is 9.47 Å². The first-order valence-corrected chi connectivity index (χ1v) is 37.9. The summed E-state index contributed by atoms with van der Waals surface area (Å²) in [5.74, 6) is -2.16. The summed E-state index contributed by atoms with van der Waals surface area (Å²) >= 11 is 0. The third-order valence-corrected chi connectivity index (χ3v) is 31.3. The monoisotopic (exact) mass is 1320 g/mol. The van der Waals surface area contributed by atoms with Crippen LogP contribution in [0.15, 0.2) is 113 Å². The van der Waals surface area contributed by atoms with Crippen molar-refractivity contribution in [2.75, 3.05) is 25.6 Å². The van der Waals surface area contributed by atoms with E-state index in [1.807, 2.05) is 36.4 Å². The van der Waals surface area contributed by atoms with Crippen molar-refractivity contribution >= 4 is 39.4 Å². The number of fused-ring (bicyclic) bond motifs is 3. The number of Topliss-reactive ketones (excluding diaryl/α,β-unsaturated/α-hetero) is 2. The summed E-state index contributed by atoms with van der Waals surface area (Å²) in [7, 11) is 2.84. The normalized spacial score (nSPS) is 43.4. The molecule has 12 aliphatic carbocycles. The molecule has 3 aromatic carbocycles. The van der Waals surface area contributed by atoms with Crippen LogP contribution in [0.1, 0.15) is 172 Å². The van der Waals surface area contributed by atoms with Crippen LogP contribution < -0.4 is 15.4 Å². The van der Waals surface area contributed by atoms with E-state index in [0.29, 0.717) is 59.9 Å². The molecule has 15 aliphatic rings. The Morgan fingerprint density at radius 3 is 2.32 bits per heavy atom. The van der Waals surface area contributed by atoms with Gasteiger partial charge in [-0.3, -0.25) is 9.59 Å². The van der Waals surface area contributed by atoms with E-state index >= 15 is 9.59 Å². The zero-order valence-electron chi connectivity index (χ0n) is 53.7. The molecule has 18 rings (SSSR count). The number of ether oxygens (including phenoxy) is 2. The van der Waals surface area contributed by atoms with Crippen molar-refractivity contribution in [2.45, 2.75) is 189 Å². The number of benzene rings is 3. The second-order valence-electron chi connectivity index (χ2n) is 32.9. The third kappa shape index (κ3) is 8.84. The van der Waals surface area contributed by atoms with E-state index < -0.39 is 81.2 Å². The van der Waals surface area contributed by atoms with Gasteiger partial charge in [-0.25, -0.2) is 0 Å². The van der Waals surface area contributed by atoms with Crippen LogP contribution in [-0.4, -0.2) is 119 Å². The SMILES string of the molecule is O=CC1CC2(CCC3(CC(Cc4cccc(O)c4)CC34CCC3(CCCC3)C4)C2)CC12CC1CC3CC4CC5(CO)OC6Oc7cccc8c7C(=O)C7(C(O)=CC(Cc9cccc(CO)c9)=CC7C8=O)C(CCCO)SSCNC7=CC(=C3CN7)C1(C2)C4C(O)(C6O)C5O. The molecular weight excluding hydrogens is 1220 g/mol. The maximum atomic E-state index is 16.4. The first kappa shape index (κ1) is 62.6. The Hall–Kier alpha value is -4.95. The van der Waals surface area contributed by atoms with Gasteiger partial charge in [0.15, 0.2) is 11.6 Å². The van der Waals surface area contributed by atoms with Gasteiger partial charge >= 0.3 is 0 Å². The van der Waals surface area contributed by atoms with Crippen molar-refractivity contribution in [3.63, 3.8) is 0 Å². The Balaban J connectivity index is 0.769. The largest absolute Gasteiger partial charge is 0.511 e. The molecule has 9 fully saturated rings. The lowest BCUT2D eigenvalue weighted by Crippen LogP contribution is -2.81. The van der Waals surface area contributed by atoms with Crippen LogP contribution in [0.4, 0.5) is 0 Å². The number of dihydropyridines is 1. The molecule has 8 saturated carbocycles. The molecule has 94 heavy (non-hydrogen) atoms. The lowest BCUT2D eigenvalue weighted by molar-refractivity contribution is -0.392. The molecule has 19 unspecified atom stereocenters. The standard InChI is InChI=1S/C77H92N2O13S2/c80-20-6-13-60-76-57(25-47(26-59(76)85)22-44-7-3-9-46(21-44)36-81)63(86)54-11-5-12-58(62(54)65(76)87)91-67-66(88)77(90)64-50(32-74(42-83,92-67)68(77)89)27-49-28-51-34-71(41-75(51,64)56-29-61(78-35-55(49)56)79-43-93-94-60)38-70(33-52(71)37-82)17-19-73(40-70)31-48(23-45-8-4-10-53(84)24-45)30-72(73)18-16-69(39-72)14-1-2-15-69/h3-5,7-12,21,24-26,29,37,48-52,57,60,64,66-68,78-81,83-85,88-90H,1-2,6,13-20,22-23,27-28,30-36,38-43H2. The van der Waals surface area contributed by atoms with E-state index in [1.54, 1.807) is 30.4 Å². The van der Waals surface area contributed by atoms with Crippen LogP contribution >= 0.6 is 21.6 Å². The van der Waals surface area contributed by atoms with E-state index in [1.165, 1.54) is 103 Å². The summed E-state index contributed by atoms with van der Waals surface area (Å²) in [6.45, 7) is -0.577. The van der Waals surface area contributed by atoms with Gasteiger partial charge in [0.25, 0.3) is 0 Å². The number of phenolic OH excluding ortho intramolecular Hbond substituents is 1. The highest BCUT2D eigenvalue weighted by atomic mass is 33.1. The first-order valence-electron chi connectivity index (χ1n) is 35.5. The topological polar surface area (TPSA) is 256 Å². The van der Waals surface area contributed by atoms with Crippen LogP contribution in [0.3, 0.4) is 0 Å². The Morgan fingerprint density at radius 1 is 0.777 bits per heavy atom. The van der Waals surface area contributed by atoms with Crippen LogP contribution in [0.2, 0.25) is 0 Å². The molecule has 19 atom stereocenters. The molecule has 10 N–H and O–H groups in total. The number of allylic oxidation sites excluding steroid dienone is 6. The van der Waals surface area contributed by atoms with E-state index in [0.717, 1.165) is 68.3 Å². The number of nitrogens with one attached hydrogen (secondary N) is 2. The Labute approximate surface area is 558 Å². The van der Waals surface area contributed by atoms with Gasteiger partial charge in [-0.1, -0.05) is 89.0 Å². The number of rotatable bonds is 10. The quantitative estimate of drug-likeness (QED) is 0.0669. The number of aliphatic hydroxyl groups excluding tert-OH is 6. The highest BCUT2D eigenvalue weighted by molar-refractivity contribution is 8.76. The second-order valence-corrected chi connectivity index (χ2v) is 35.5. The van der Waals surface area contributed by atoms with Gasteiger partial charge in [0.2, 0.25) is 6.29 Å². The van der Waals surface area contributed by atoms with Crippen molar-refractivity contribution in [1.29, 1.82) is 0 Å². The van der Waals surface area contributed by atoms with Crippen molar-refractivity contribution in [3.05, 3.63) is 141 Å². The average molecular weight is 1320 g/mol. The van der Waals surface area contributed by atoms with E-state index in [2.05, 4.69) is 22.8 Å². The zero-order chi connectivity index (χ0) is 64.6. The Bertz CT molecular complexity index is 3770. The maximum Gasteiger partial charge on any atom is 0.229 e. The molecule has 3 aromatic rings. The maximum absolute atomic E-state index is 16.4. The van der Waals surface area contributed by atoms with Gasteiger partial charge < -0.3 is 65.8 Å². The van der Waals surface area contributed by atoms with Crippen molar-refractivity contribution in [1.82, 2.24) is 10.6 Å². The minimum absolute atomic E-state index is 0.0417. The summed E-state index contributed by atoms with van der Waals surface area (Å²) in [5.41, 5.74) is -1.10. The number of aldehydes is 1. The molecule has 7 spiro atoms. The van der Waals surface area contributed by atoms with Crippen molar-refractivity contribution in [2.24, 2.45) is 79.3 Å². The molecule has 0 amide bonds. The average Bonchev–Trinajstić information content (AvgIpc) is 1.42. The Kier molecular flexibility index (Phi) is 14.8. The summed E-state index contributed by atoms with van der Waals surface area (Å²) in [6, 6.07) is 20.0. The highest BCUT2D eigenvalue weighted by Crippen LogP contribution is 2.83. The predicted molar refractivity (Wildman–Crippen MR) is 356 cm³/mol. The van der Waals surface area contributed by atoms with Gasteiger partial charge in [0, 0.05) is 41.2 Å². The number of hydrogen-bond donors (Lipinski definition) is 10. The number of ketones is 2. The van der Waals surface area contributed by atoms with Gasteiger partial charge in [-0.2, -0.15) is 0 Å². The number of carbonyl (C=O) groups is 3. The number of aromatic hydroxyl groups is 1. The second kappa shape index (κ2) is 22.3. The van der Waals surface area contributed by atoms with Crippen molar-refractivity contribution in [3.8, 4) is 11.5 Å². The van der Waals surface area contributed by atoms with Crippen molar-refractivity contribution < 1.29 is 64.7 Å². The molecule has 3 aliphatic heterocycles. The lowest BCUT2D eigenvalue weighted by Gasteiger charge is -2.65. The van der Waals surface area contributed by atoms with Gasteiger partial charge in [-0.15, -0.1) is 0 Å². The molecule has 15 nitrogen and oxygen atoms in total. The first-order chi connectivity index (χ1) is 45.4. The third-order valence-electron chi connectivity index (χ3n) is 28.6. The van der Waals surface area contributed by atoms with Gasteiger partial charge in [0.05, 0.1) is 36.4 Å². The number of phenols is 1. The zero-order valence-corrected chi connectivity index (χ0v) is 55.4. The molecule has 10 bridgehead atoms. The van der Waals surface area contributed by atoms with Crippen LogP contribution in [-0.2, 0) is 29.0 Å². The summed E-state index contributed by atoms with van der Waals surface area (Å²) in [6.07, 6.45) is 22.6. The molecule has 0 radical (unpaired) electrons. The minimum Gasteiger partial charge on any atom is -0.511 e. The minimum atomic E-state index is -2.39. The lowest BCUT2D eigenvalue weighted by atomic mass is 9.46. The predicted octanol–water partition coefficient (Wildman–Crippen LogP) is 10.8. The van der Waals surface area contributed by atoms with Crippen LogP contribution in [0.5, 0.6) is 11.5 Å². The molecule has 17 heteroatoms. The summed E-state index contributed by atoms with van der Waals surface area (Å²) < 4.78 is 13.8. The fraction of sp³-hybridized carbons (Fsp3) is 0.623. The fourth-order valence-corrected chi connectivity index (χ4v) is 28.4. The molecule has 0 aromatic heterocycles. The number of carbonyl (C=O) groups excluding carboxylic acids is 3. The fourth-order valence-electron chi connectivity index (χ4n) is 25.6. The Morgan fingerprint density at radius 2 is 1.54 bits per heavy atom. The molecule has 500 valence electrons. The summed E-state index contributed by atoms with van der Waals surface area (Å²) in [4.78, 5) is 46.5. The number of aliphatic hydroxyl groups is 7. The van der Waals surface area contributed by atoms with E-state index in [-0.39, 0.29) is 95.0 Å².